The van der Waals surface area contributed by atoms with E-state index >= 15 is 0 Å². The van der Waals surface area contributed by atoms with Crippen LogP contribution in [0, 0.1) is 5.92 Å². The number of carbonyl (C=O) groups excluding carboxylic acids is 2. The van der Waals surface area contributed by atoms with E-state index in [9.17, 15) is 9.59 Å². The Labute approximate surface area is 155 Å². The van der Waals surface area contributed by atoms with Gasteiger partial charge in [0.1, 0.15) is 0 Å². The predicted molar refractivity (Wildman–Crippen MR) is 99.7 cm³/mol. The van der Waals surface area contributed by atoms with Crippen LogP contribution in [-0.2, 0) is 9.59 Å². The fraction of sp³-hybridized carbons (Fsp3) is 0.600. The van der Waals surface area contributed by atoms with Gasteiger partial charge in [0.15, 0.2) is 11.5 Å². The highest BCUT2D eigenvalue weighted by Crippen LogP contribution is 2.34. The molecule has 0 N–H and O–H groups in total. The van der Waals surface area contributed by atoms with E-state index in [1.165, 1.54) is 19.3 Å². The van der Waals surface area contributed by atoms with Gasteiger partial charge in [-0.25, -0.2) is 0 Å². The van der Waals surface area contributed by atoms with E-state index in [0.717, 1.165) is 31.6 Å². The van der Waals surface area contributed by atoms with Crippen LogP contribution in [0.3, 0.4) is 0 Å². The summed E-state index contributed by atoms with van der Waals surface area (Å²) in [4.78, 5) is 29.1. The molecule has 2 aliphatic heterocycles. The third-order valence-corrected chi connectivity index (χ3v) is 5.32. The lowest BCUT2D eigenvalue weighted by molar-refractivity contribution is -0.136. The van der Waals surface area contributed by atoms with Crippen LogP contribution in [0.1, 0.15) is 38.5 Å². The lowest BCUT2D eigenvalue weighted by Gasteiger charge is -2.27. The van der Waals surface area contributed by atoms with Crippen molar-refractivity contribution in [1.29, 1.82) is 0 Å². The molecular weight excluding hydrogens is 332 g/mol. The van der Waals surface area contributed by atoms with Crippen molar-refractivity contribution < 1.29 is 19.1 Å². The minimum Gasteiger partial charge on any atom is -0.493 e. The largest absolute Gasteiger partial charge is 0.493 e. The summed E-state index contributed by atoms with van der Waals surface area (Å²) in [6.07, 6.45) is 6.04. The summed E-state index contributed by atoms with van der Waals surface area (Å²) in [6.45, 7) is 2.07. The van der Waals surface area contributed by atoms with Gasteiger partial charge in [0.05, 0.1) is 20.1 Å². The van der Waals surface area contributed by atoms with Crippen LogP contribution in [0.25, 0.3) is 0 Å². The molecule has 2 saturated heterocycles. The Balaban J connectivity index is 1.70. The van der Waals surface area contributed by atoms with Gasteiger partial charge in [0.2, 0.25) is 11.8 Å². The molecule has 1 aromatic carbocycles. The van der Waals surface area contributed by atoms with Crippen molar-refractivity contribution >= 4 is 17.5 Å². The van der Waals surface area contributed by atoms with Crippen molar-refractivity contribution in [3.05, 3.63) is 18.2 Å². The highest BCUT2D eigenvalue weighted by molar-refractivity contribution is 6.00. The quantitative estimate of drug-likeness (QED) is 0.828. The Hall–Kier alpha value is -2.24. The maximum Gasteiger partial charge on any atom is 0.228 e. The summed E-state index contributed by atoms with van der Waals surface area (Å²) in [5.41, 5.74) is 0.746. The third kappa shape index (κ3) is 3.94. The van der Waals surface area contributed by atoms with Gasteiger partial charge in [-0.15, -0.1) is 0 Å². The molecule has 2 heterocycles. The molecule has 6 nitrogen and oxygen atoms in total. The van der Waals surface area contributed by atoms with Crippen molar-refractivity contribution in [3.63, 3.8) is 0 Å². The van der Waals surface area contributed by atoms with Gasteiger partial charge in [-0.05, 0) is 25.0 Å². The molecule has 1 atom stereocenters. The number of rotatable bonds is 4. The van der Waals surface area contributed by atoms with Crippen molar-refractivity contribution in [2.45, 2.75) is 38.5 Å². The van der Waals surface area contributed by atoms with Gasteiger partial charge < -0.3 is 19.3 Å². The molecule has 0 aromatic heterocycles. The third-order valence-electron chi connectivity index (χ3n) is 5.32. The van der Waals surface area contributed by atoms with Gasteiger partial charge in [0, 0.05) is 37.8 Å². The summed E-state index contributed by atoms with van der Waals surface area (Å²) in [6, 6.07) is 5.41. The number of hydrogen-bond acceptors (Lipinski definition) is 4. The van der Waals surface area contributed by atoms with Crippen LogP contribution in [0.5, 0.6) is 11.5 Å². The standard InChI is InChI=1S/C20H28N2O4/c1-25-17-9-8-16(13-18(17)26-2)22-14-15(12-19(22)23)20(24)21-10-6-4-3-5-7-11-21/h8-9,13,15H,3-7,10-12,14H2,1-2H3. The average molecular weight is 360 g/mol. The Morgan fingerprint density at radius 3 is 2.31 bits per heavy atom. The molecular formula is C20H28N2O4. The fourth-order valence-corrected chi connectivity index (χ4v) is 3.84. The smallest absolute Gasteiger partial charge is 0.228 e. The molecule has 6 heteroatoms. The number of nitrogens with zero attached hydrogens (tertiary/aromatic N) is 2. The molecule has 2 fully saturated rings. The first kappa shape index (κ1) is 18.5. The first-order valence-electron chi connectivity index (χ1n) is 9.45. The van der Waals surface area contributed by atoms with Gasteiger partial charge in [-0.2, -0.15) is 0 Å². The van der Waals surface area contributed by atoms with E-state index in [0.29, 0.717) is 18.0 Å². The maximum atomic E-state index is 12.9. The number of hydrogen-bond donors (Lipinski definition) is 0. The lowest BCUT2D eigenvalue weighted by atomic mass is 10.0. The first-order valence-corrected chi connectivity index (χ1v) is 9.45. The summed E-state index contributed by atoms with van der Waals surface area (Å²) in [5, 5.41) is 0. The van der Waals surface area contributed by atoms with Crippen LogP contribution >= 0.6 is 0 Å². The van der Waals surface area contributed by atoms with Gasteiger partial charge in [-0.3, -0.25) is 9.59 Å². The van der Waals surface area contributed by atoms with Crippen LogP contribution < -0.4 is 14.4 Å². The lowest BCUT2D eigenvalue weighted by Crippen LogP contribution is -2.39. The second-order valence-corrected chi connectivity index (χ2v) is 7.04. The zero-order valence-corrected chi connectivity index (χ0v) is 15.7. The van der Waals surface area contributed by atoms with Crippen molar-refractivity contribution in [1.82, 2.24) is 4.90 Å². The maximum absolute atomic E-state index is 12.9. The minimum atomic E-state index is -0.255. The van der Waals surface area contributed by atoms with Gasteiger partial charge in [-0.1, -0.05) is 19.3 Å². The van der Waals surface area contributed by atoms with Crippen LogP contribution in [-0.4, -0.2) is 50.6 Å². The first-order chi connectivity index (χ1) is 12.6. The van der Waals surface area contributed by atoms with Gasteiger partial charge >= 0.3 is 0 Å². The van der Waals surface area contributed by atoms with E-state index in [4.69, 9.17) is 9.47 Å². The van der Waals surface area contributed by atoms with Gasteiger partial charge in [0.25, 0.3) is 0 Å². The summed E-state index contributed by atoms with van der Waals surface area (Å²) < 4.78 is 10.6. The highest BCUT2D eigenvalue weighted by Gasteiger charge is 2.37. The molecule has 26 heavy (non-hydrogen) atoms. The molecule has 0 saturated carbocycles. The van der Waals surface area contributed by atoms with E-state index in [-0.39, 0.29) is 24.2 Å². The van der Waals surface area contributed by atoms with E-state index in [1.54, 1.807) is 31.3 Å². The molecule has 0 bridgehead atoms. The monoisotopic (exact) mass is 360 g/mol. The Bertz CT molecular complexity index is 653. The molecule has 2 amide bonds. The molecule has 1 unspecified atom stereocenters. The number of likely N-dealkylation sites (tertiary alicyclic amines) is 1. The number of methoxy groups -OCH3 is 2. The number of ether oxygens (including phenoxy) is 2. The molecule has 0 spiro atoms. The second-order valence-electron chi connectivity index (χ2n) is 7.04. The fourth-order valence-electron chi connectivity index (χ4n) is 3.84. The Kier molecular flexibility index (Phi) is 6.01. The van der Waals surface area contributed by atoms with E-state index in [2.05, 4.69) is 0 Å². The number of benzene rings is 1. The average Bonchev–Trinajstić information content (AvgIpc) is 3.02. The molecule has 0 aliphatic carbocycles. The van der Waals surface area contributed by atoms with E-state index < -0.39 is 0 Å². The molecule has 0 radical (unpaired) electrons. The highest BCUT2D eigenvalue weighted by atomic mass is 16.5. The number of carbonyl (C=O) groups is 2. The molecule has 142 valence electrons. The van der Waals surface area contributed by atoms with Crippen molar-refractivity contribution in [3.8, 4) is 11.5 Å². The zero-order chi connectivity index (χ0) is 18.5. The molecule has 1 aromatic rings. The van der Waals surface area contributed by atoms with Crippen molar-refractivity contribution in [2.75, 3.05) is 38.8 Å². The normalized spacial score (nSPS) is 21.3. The summed E-state index contributed by atoms with van der Waals surface area (Å²) >= 11 is 0. The molecule has 2 aliphatic rings. The number of anilines is 1. The number of amides is 2. The summed E-state index contributed by atoms with van der Waals surface area (Å²) in [7, 11) is 3.15. The SMILES string of the molecule is COc1ccc(N2CC(C(=O)N3CCCCCCC3)CC2=O)cc1OC. The predicted octanol–water partition coefficient (Wildman–Crippen LogP) is 2.85. The second kappa shape index (κ2) is 8.43. The summed E-state index contributed by atoms with van der Waals surface area (Å²) in [5.74, 6) is 1.06. The zero-order valence-electron chi connectivity index (χ0n) is 15.7. The van der Waals surface area contributed by atoms with E-state index in [1.807, 2.05) is 11.0 Å². The van der Waals surface area contributed by atoms with Crippen LogP contribution in [0.2, 0.25) is 0 Å². The Morgan fingerprint density at radius 1 is 1.00 bits per heavy atom. The van der Waals surface area contributed by atoms with Crippen LogP contribution in [0.4, 0.5) is 5.69 Å². The topological polar surface area (TPSA) is 59.1 Å². The minimum absolute atomic E-state index is 0.0115. The Morgan fingerprint density at radius 2 is 1.65 bits per heavy atom. The molecule has 3 rings (SSSR count). The van der Waals surface area contributed by atoms with Crippen LogP contribution in [0.15, 0.2) is 18.2 Å². The van der Waals surface area contributed by atoms with Crippen molar-refractivity contribution in [2.24, 2.45) is 5.92 Å².